The van der Waals surface area contributed by atoms with Crippen molar-refractivity contribution in [3.8, 4) is 0 Å². The van der Waals surface area contributed by atoms with Gasteiger partial charge in [0.05, 0.1) is 0 Å². The maximum absolute atomic E-state index is 9.93. The van der Waals surface area contributed by atoms with Gasteiger partial charge in [0, 0.05) is 6.54 Å². The minimum atomic E-state index is 0.608. The van der Waals surface area contributed by atoms with Gasteiger partial charge in [-0.2, -0.15) is 0 Å². The van der Waals surface area contributed by atoms with Gasteiger partial charge in [-0.15, -0.1) is 0 Å². The zero-order valence-corrected chi connectivity index (χ0v) is 9.11. The van der Waals surface area contributed by atoms with Crippen LogP contribution in [-0.2, 0) is 4.79 Å². The number of hydrogen-bond donors (Lipinski definition) is 1. The lowest BCUT2D eigenvalue weighted by Crippen LogP contribution is -2.08. The van der Waals surface area contributed by atoms with E-state index in [0.29, 0.717) is 13.0 Å². The van der Waals surface area contributed by atoms with Gasteiger partial charge < -0.3 is 5.32 Å². The molecule has 15 heavy (non-hydrogen) atoms. The monoisotopic (exact) mass is 205 g/mol. The van der Waals surface area contributed by atoms with Crippen molar-refractivity contribution >= 4 is 6.41 Å². The van der Waals surface area contributed by atoms with Crippen LogP contribution in [0.4, 0.5) is 0 Å². The number of amides is 1. The predicted molar refractivity (Wildman–Crippen MR) is 63.5 cm³/mol. The molecule has 0 bridgehead atoms. The largest absolute Gasteiger partial charge is 0.355 e. The lowest BCUT2D eigenvalue weighted by atomic mass is 9.97. The predicted octanol–water partition coefficient (Wildman–Crippen LogP) is 2.74. The summed E-state index contributed by atoms with van der Waals surface area (Å²) >= 11 is 0. The summed E-state index contributed by atoms with van der Waals surface area (Å²) in [4.78, 5) is 9.93. The standard InChI is InChI=1S/C13H19NO/c15-12-14-11-7-2-1-4-8-13-9-5-3-6-10-13/h1-2,4,7,9,12H,3,5-6,8,10-11H2,(H,14,15)/b4-1-,7-2-. The van der Waals surface area contributed by atoms with Gasteiger partial charge in [0.15, 0.2) is 0 Å². The molecule has 0 aromatic carbocycles. The van der Waals surface area contributed by atoms with Crippen molar-refractivity contribution in [2.45, 2.75) is 32.1 Å². The van der Waals surface area contributed by atoms with E-state index in [-0.39, 0.29) is 0 Å². The molecule has 1 rings (SSSR count). The van der Waals surface area contributed by atoms with Crippen molar-refractivity contribution in [1.29, 1.82) is 0 Å². The van der Waals surface area contributed by atoms with Gasteiger partial charge in [-0.25, -0.2) is 0 Å². The third kappa shape index (κ3) is 5.89. The summed E-state index contributed by atoms with van der Waals surface area (Å²) in [5.74, 6) is 0. The summed E-state index contributed by atoms with van der Waals surface area (Å²) in [5, 5.41) is 2.58. The molecule has 2 nitrogen and oxygen atoms in total. The fourth-order valence-corrected chi connectivity index (χ4v) is 1.65. The third-order valence-corrected chi connectivity index (χ3v) is 2.47. The normalized spacial score (nSPS) is 16.9. The number of carbonyl (C=O) groups is 1. The third-order valence-electron chi connectivity index (χ3n) is 2.47. The minimum Gasteiger partial charge on any atom is -0.355 e. The first kappa shape index (κ1) is 11.8. The molecule has 0 aromatic rings. The molecule has 0 fully saturated rings. The van der Waals surface area contributed by atoms with Crippen LogP contribution in [0.15, 0.2) is 36.0 Å². The van der Waals surface area contributed by atoms with Crippen LogP contribution in [0.5, 0.6) is 0 Å². The van der Waals surface area contributed by atoms with Crippen molar-refractivity contribution in [2.75, 3.05) is 6.54 Å². The summed E-state index contributed by atoms with van der Waals surface area (Å²) in [6, 6.07) is 0. The SMILES string of the molecule is O=CNC/C=C\C=C/CC1=CCCCC1. The van der Waals surface area contributed by atoms with E-state index >= 15 is 0 Å². The second kappa shape index (κ2) is 8.04. The maximum atomic E-state index is 9.93. The average molecular weight is 205 g/mol. The molecule has 0 radical (unpaired) electrons. The average Bonchev–Trinajstić information content (AvgIpc) is 2.29. The van der Waals surface area contributed by atoms with Crippen molar-refractivity contribution in [3.05, 3.63) is 36.0 Å². The molecular formula is C13H19NO. The Hall–Kier alpha value is -1.31. The van der Waals surface area contributed by atoms with E-state index in [1.807, 2.05) is 18.2 Å². The van der Waals surface area contributed by atoms with Gasteiger partial charge in [-0.1, -0.05) is 36.0 Å². The highest BCUT2D eigenvalue weighted by molar-refractivity contribution is 5.46. The van der Waals surface area contributed by atoms with E-state index in [1.54, 1.807) is 5.57 Å². The molecule has 1 aliphatic carbocycles. The Balaban J connectivity index is 2.12. The zero-order chi connectivity index (χ0) is 10.8. The maximum Gasteiger partial charge on any atom is 0.207 e. The second-order valence-corrected chi connectivity index (χ2v) is 3.69. The number of nitrogens with one attached hydrogen (secondary N) is 1. The molecule has 0 saturated heterocycles. The van der Waals surface area contributed by atoms with Crippen molar-refractivity contribution in [2.24, 2.45) is 0 Å². The van der Waals surface area contributed by atoms with Crippen LogP contribution in [0.3, 0.4) is 0 Å². The molecule has 1 N–H and O–H groups in total. The van der Waals surface area contributed by atoms with Crippen LogP contribution < -0.4 is 5.32 Å². The lowest BCUT2D eigenvalue weighted by molar-refractivity contribution is -0.109. The first-order valence-corrected chi connectivity index (χ1v) is 5.60. The van der Waals surface area contributed by atoms with Crippen molar-refractivity contribution in [3.63, 3.8) is 0 Å². The van der Waals surface area contributed by atoms with Crippen LogP contribution in [0, 0.1) is 0 Å². The van der Waals surface area contributed by atoms with E-state index in [1.165, 1.54) is 25.7 Å². The Kier molecular flexibility index (Phi) is 6.30. The molecule has 1 amide bonds. The zero-order valence-electron chi connectivity index (χ0n) is 9.11. The summed E-state index contributed by atoms with van der Waals surface area (Å²) in [7, 11) is 0. The smallest absolute Gasteiger partial charge is 0.207 e. The molecule has 82 valence electrons. The van der Waals surface area contributed by atoms with Crippen LogP contribution in [0.1, 0.15) is 32.1 Å². The van der Waals surface area contributed by atoms with Crippen LogP contribution >= 0.6 is 0 Å². The van der Waals surface area contributed by atoms with Gasteiger partial charge >= 0.3 is 0 Å². The van der Waals surface area contributed by atoms with Gasteiger partial charge in [-0.05, 0) is 32.1 Å². The molecule has 0 saturated carbocycles. The van der Waals surface area contributed by atoms with Gasteiger partial charge in [0.1, 0.15) is 0 Å². The van der Waals surface area contributed by atoms with Gasteiger partial charge in [0.2, 0.25) is 6.41 Å². The topological polar surface area (TPSA) is 29.1 Å². The summed E-state index contributed by atoms with van der Waals surface area (Å²) in [5.41, 5.74) is 1.57. The molecule has 0 spiro atoms. The molecule has 1 aliphatic rings. The molecular weight excluding hydrogens is 186 g/mol. The molecule has 0 heterocycles. The summed E-state index contributed by atoms with van der Waals surface area (Å²) in [6.45, 7) is 0.608. The Bertz CT molecular complexity index is 264. The summed E-state index contributed by atoms with van der Waals surface area (Å²) < 4.78 is 0. The Morgan fingerprint density at radius 1 is 1.27 bits per heavy atom. The minimum absolute atomic E-state index is 0.608. The van der Waals surface area contributed by atoms with Crippen LogP contribution in [0.2, 0.25) is 0 Å². The van der Waals surface area contributed by atoms with E-state index in [9.17, 15) is 4.79 Å². The highest BCUT2D eigenvalue weighted by atomic mass is 16.1. The fraction of sp³-hybridized carbons (Fsp3) is 0.462. The first-order chi connectivity index (χ1) is 7.43. The van der Waals surface area contributed by atoms with Crippen LogP contribution in [-0.4, -0.2) is 13.0 Å². The number of carbonyl (C=O) groups excluding carboxylic acids is 1. The second-order valence-electron chi connectivity index (χ2n) is 3.69. The molecule has 0 unspecified atom stereocenters. The molecule has 0 aromatic heterocycles. The number of allylic oxidation sites excluding steroid dienone is 5. The molecule has 2 heteroatoms. The van der Waals surface area contributed by atoms with Gasteiger partial charge in [-0.3, -0.25) is 4.79 Å². The van der Waals surface area contributed by atoms with E-state index in [4.69, 9.17) is 0 Å². The van der Waals surface area contributed by atoms with E-state index in [0.717, 1.165) is 6.42 Å². The Morgan fingerprint density at radius 2 is 2.13 bits per heavy atom. The Morgan fingerprint density at radius 3 is 2.87 bits per heavy atom. The Labute approximate surface area is 91.8 Å². The summed E-state index contributed by atoms with van der Waals surface area (Å²) in [6.07, 6.45) is 17.5. The quantitative estimate of drug-likeness (QED) is 0.307. The van der Waals surface area contributed by atoms with E-state index < -0.39 is 0 Å². The van der Waals surface area contributed by atoms with E-state index in [2.05, 4.69) is 17.5 Å². The first-order valence-electron chi connectivity index (χ1n) is 5.60. The lowest BCUT2D eigenvalue weighted by Gasteiger charge is -2.09. The van der Waals surface area contributed by atoms with Gasteiger partial charge in [0.25, 0.3) is 0 Å². The molecule has 0 aliphatic heterocycles. The fourth-order valence-electron chi connectivity index (χ4n) is 1.65. The number of hydrogen-bond acceptors (Lipinski definition) is 1. The van der Waals surface area contributed by atoms with Crippen LogP contribution in [0.25, 0.3) is 0 Å². The van der Waals surface area contributed by atoms with Crippen molar-refractivity contribution in [1.82, 2.24) is 5.32 Å². The van der Waals surface area contributed by atoms with Crippen molar-refractivity contribution < 1.29 is 4.79 Å². The molecule has 0 atom stereocenters. The highest BCUT2D eigenvalue weighted by Crippen LogP contribution is 2.20. The number of rotatable bonds is 6. The highest BCUT2D eigenvalue weighted by Gasteiger charge is 2.00.